The lowest BCUT2D eigenvalue weighted by molar-refractivity contribution is 0.329. The Labute approximate surface area is 117 Å². The van der Waals surface area contributed by atoms with Crippen LogP contribution in [-0.4, -0.2) is 13.2 Å². The summed E-state index contributed by atoms with van der Waals surface area (Å²) in [6.07, 6.45) is 0. The normalized spacial score (nSPS) is 9.61. The van der Waals surface area contributed by atoms with Crippen LogP contribution in [0.2, 0.25) is 5.02 Å². The molecule has 0 saturated heterocycles. The van der Waals surface area contributed by atoms with Gasteiger partial charge in [0.25, 0.3) is 0 Å². The molecule has 0 fully saturated rings. The van der Waals surface area contributed by atoms with Gasteiger partial charge in [0.15, 0.2) is 0 Å². The van der Waals surface area contributed by atoms with Gasteiger partial charge in [-0.05, 0) is 23.6 Å². The molecule has 0 aromatic heterocycles. The SMILES string of the molecule is Cl.N#Cc1ccc2c(Cl)c(OCCN)ccc2c1. The number of hydrogen-bond donors (Lipinski definition) is 1. The molecule has 2 N–H and O–H groups in total. The zero-order valence-corrected chi connectivity index (χ0v) is 11.1. The molecule has 5 heteroatoms. The topological polar surface area (TPSA) is 59.0 Å². The predicted molar refractivity (Wildman–Crippen MR) is 75.5 cm³/mol. The fourth-order valence-electron chi connectivity index (χ4n) is 1.62. The van der Waals surface area contributed by atoms with E-state index in [-0.39, 0.29) is 12.4 Å². The highest BCUT2D eigenvalue weighted by Crippen LogP contribution is 2.33. The van der Waals surface area contributed by atoms with Crippen LogP contribution in [0.25, 0.3) is 10.8 Å². The summed E-state index contributed by atoms with van der Waals surface area (Å²) in [6.45, 7) is 0.878. The van der Waals surface area contributed by atoms with E-state index in [0.717, 1.165) is 10.8 Å². The van der Waals surface area contributed by atoms with Crippen molar-refractivity contribution in [2.75, 3.05) is 13.2 Å². The predicted octanol–water partition coefficient (Wildman–Crippen LogP) is 3.12. The molecule has 0 aliphatic carbocycles. The van der Waals surface area contributed by atoms with E-state index in [1.807, 2.05) is 12.1 Å². The minimum absolute atomic E-state index is 0. The molecule has 0 atom stereocenters. The van der Waals surface area contributed by atoms with Gasteiger partial charge in [-0.25, -0.2) is 0 Å². The molecule has 0 aliphatic rings. The lowest BCUT2D eigenvalue weighted by atomic mass is 10.1. The largest absolute Gasteiger partial charge is 0.491 e. The fourth-order valence-corrected chi connectivity index (χ4v) is 1.91. The molecule has 2 rings (SSSR count). The minimum atomic E-state index is 0. The highest BCUT2D eigenvalue weighted by atomic mass is 35.5. The third kappa shape index (κ3) is 2.85. The van der Waals surface area contributed by atoms with Crippen molar-refractivity contribution >= 4 is 34.8 Å². The molecule has 94 valence electrons. The first-order chi connectivity index (χ1) is 8.26. The first kappa shape index (κ1) is 14.6. The fraction of sp³-hybridized carbons (Fsp3) is 0.154. The molecule has 0 spiro atoms. The van der Waals surface area contributed by atoms with E-state index in [1.54, 1.807) is 18.2 Å². The van der Waals surface area contributed by atoms with Gasteiger partial charge in [0.2, 0.25) is 0 Å². The molecule has 2 aromatic rings. The van der Waals surface area contributed by atoms with Crippen molar-refractivity contribution in [3.63, 3.8) is 0 Å². The number of nitrogens with two attached hydrogens (primary N) is 1. The van der Waals surface area contributed by atoms with Gasteiger partial charge in [0.1, 0.15) is 12.4 Å². The van der Waals surface area contributed by atoms with Crippen LogP contribution in [0.15, 0.2) is 30.3 Å². The van der Waals surface area contributed by atoms with Crippen LogP contribution < -0.4 is 10.5 Å². The maximum atomic E-state index is 8.82. The number of fused-ring (bicyclic) bond motifs is 1. The third-order valence-electron chi connectivity index (χ3n) is 2.42. The first-order valence-electron chi connectivity index (χ1n) is 5.21. The number of nitrogens with zero attached hydrogens (tertiary/aromatic N) is 1. The van der Waals surface area contributed by atoms with Gasteiger partial charge in [0, 0.05) is 11.9 Å². The third-order valence-corrected chi connectivity index (χ3v) is 2.81. The average molecular weight is 283 g/mol. The Bertz CT molecular complexity index is 593. The van der Waals surface area contributed by atoms with E-state index in [1.165, 1.54) is 0 Å². The summed E-state index contributed by atoms with van der Waals surface area (Å²) in [7, 11) is 0. The minimum Gasteiger partial charge on any atom is -0.491 e. The first-order valence-corrected chi connectivity index (χ1v) is 5.59. The maximum absolute atomic E-state index is 8.82. The van der Waals surface area contributed by atoms with Crippen LogP contribution in [0.3, 0.4) is 0 Å². The highest BCUT2D eigenvalue weighted by molar-refractivity contribution is 6.37. The number of hydrogen-bond acceptors (Lipinski definition) is 3. The molecule has 0 unspecified atom stereocenters. The number of ether oxygens (including phenoxy) is 1. The molecule has 2 aromatic carbocycles. The van der Waals surface area contributed by atoms with Crippen molar-refractivity contribution < 1.29 is 4.74 Å². The van der Waals surface area contributed by atoms with Crippen LogP contribution in [0.4, 0.5) is 0 Å². The number of halogens is 2. The maximum Gasteiger partial charge on any atom is 0.138 e. The summed E-state index contributed by atoms with van der Waals surface area (Å²) in [5.74, 6) is 0.620. The molecule has 0 amide bonds. The highest BCUT2D eigenvalue weighted by Gasteiger charge is 2.06. The molecule has 18 heavy (non-hydrogen) atoms. The summed E-state index contributed by atoms with van der Waals surface area (Å²) >= 11 is 6.22. The van der Waals surface area contributed by atoms with Crippen LogP contribution >= 0.6 is 24.0 Å². The molecule has 0 radical (unpaired) electrons. The van der Waals surface area contributed by atoms with E-state index < -0.39 is 0 Å². The lowest BCUT2D eigenvalue weighted by Crippen LogP contribution is -2.10. The molecular weight excluding hydrogens is 271 g/mol. The second kappa shape index (κ2) is 6.46. The number of benzene rings is 2. The van der Waals surface area contributed by atoms with Crippen molar-refractivity contribution in [3.8, 4) is 11.8 Å². The Kier molecular flexibility index (Phi) is 5.24. The molecule has 0 heterocycles. The van der Waals surface area contributed by atoms with Gasteiger partial charge in [-0.3, -0.25) is 0 Å². The van der Waals surface area contributed by atoms with Gasteiger partial charge in [-0.15, -0.1) is 12.4 Å². The number of nitriles is 1. The number of rotatable bonds is 3. The zero-order valence-electron chi connectivity index (χ0n) is 9.52. The Hall–Kier alpha value is -1.47. The second-order valence-corrected chi connectivity index (χ2v) is 3.94. The van der Waals surface area contributed by atoms with Gasteiger partial charge in [-0.1, -0.05) is 23.7 Å². The van der Waals surface area contributed by atoms with Gasteiger partial charge < -0.3 is 10.5 Å². The Morgan fingerprint density at radius 3 is 2.72 bits per heavy atom. The van der Waals surface area contributed by atoms with E-state index in [4.69, 9.17) is 27.3 Å². The van der Waals surface area contributed by atoms with Crippen molar-refractivity contribution in [3.05, 3.63) is 40.9 Å². The van der Waals surface area contributed by atoms with Crippen LogP contribution in [0, 0.1) is 11.3 Å². The van der Waals surface area contributed by atoms with Crippen LogP contribution in [0.1, 0.15) is 5.56 Å². The summed E-state index contributed by atoms with van der Waals surface area (Å²) in [4.78, 5) is 0. The van der Waals surface area contributed by atoms with E-state index in [9.17, 15) is 0 Å². The van der Waals surface area contributed by atoms with Crippen LogP contribution in [-0.2, 0) is 0 Å². The quantitative estimate of drug-likeness (QED) is 0.941. The van der Waals surface area contributed by atoms with E-state index in [2.05, 4.69) is 6.07 Å². The monoisotopic (exact) mass is 282 g/mol. The standard InChI is InChI=1S/C13H11ClN2O.ClH/c14-13-11-3-1-9(8-16)7-10(11)2-4-12(13)17-6-5-15;/h1-4,7H,5-6,15H2;1H. The average Bonchev–Trinajstić information content (AvgIpc) is 2.37. The van der Waals surface area contributed by atoms with E-state index >= 15 is 0 Å². The summed E-state index contributed by atoms with van der Waals surface area (Å²) < 4.78 is 5.43. The van der Waals surface area contributed by atoms with Crippen molar-refractivity contribution in [1.29, 1.82) is 5.26 Å². The smallest absolute Gasteiger partial charge is 0.138 e. The molecule has 0 saturated carbocycles. The van der Waals surface area contributed by atoms with E-state index in [0.29, 0.717) is 29.5 Å². The Morgan fingerprint density at radius 1 is 1.28 bits per heavy atom. The van der Waals surface area contributed by atoms with Gasteiger partial charge >= 0.3 is 0 Å². The summed E-state index contributed by atoms with van der Waals surface area (Å²) in [5, 5.41) is 11.2. The Balaban J connectivity index is 0.00000162. The van der Waals surface area contributed by atoms with Crippen molar-refractivity contribution in [1.82, 2.24) is 0 Å². The van der Waals surface area contributed by atoms with Crippen molar-refractivity contribution in [2.24, 2.45) is 5.73 Å². The molecule has 3 nitrogen and oxygen atoms in total. The molecule has 0 bridgehead atoms. The summed E-state index contributed by atoms with van der Waals surface area (Å²) in [6, 6.07) is 11.1. The lowest BCUT2D eigenvalue weighted by Gasteiger charge is -2.09. The van der Waals surface area contributed by atoms with Gasteiger partial charge in [0.05, 0.1) is 16.7 Å². The van der Waals surface area contributed by atoms with Crippen LogP contribution in [0.5, 0.6) is 5.75 Å². The van der Waals surface area contributed by atoms with Crippen molar-refractivity contribution in [2.45, 2.75) is 0 Å². The van der Waals surface area contributed by atoms with Gasteiger partial charge in [-0.2, -0.15) is 5.26 Å². The second-order valence-electron chi connectivity index (χ2n) is 3.56. The Morgan fingerprint density at radius 2 is 2.06 bits per heavy atom. The zero-order chi connectivity index (χ0) is 12.3. The molecular formula is C13H12Cl2N2O. The summed E-state index contributed by atoms with van der Waals surface area (Å²) in [5.41, 5.74) is 5.99. The molecule has 0 aliphatic heterocycles.